The van der Waals surface area contributed by atoms with E-state index in [1.165, 1.54) is 15.9 Å². The Morgan fingerprint density at radius 3 is 2.54 bits per heavy atom. The lowest BCUT2D eigenvalue weighted by atomic mass is 10.1. The van der Waals surface area contributed by atoms with Crippen molar-refractivity contribution in [3.63, 3.8) is 0 Å². The molecule has 1 amide bonds. The van der Waals surface area contributed by atoms with Crippen molar-refractivity contribution >= 4 is 22.4 Å². The summed E-state index contributed by atoms with van der Waals surface area (Å²) in [5, 5.41) is 11.7. The van der Waals surface area contributed by atoms with Crippen LogP contribution in [0.5, 0.6) is 0 Å². The van der Waals surface area contributed by atoms with Gasteiger partial charge in [-0.05, 0) is 31.0 Å². The van der Waals surface area contributed by atoms with Crippen LogP contribution in [0.1, 0.15) is 38.2 Å². The van der Waals surface area contributed by atoms with Gasteiger partial charge >= 0.3 is 0 Å². The average Bonchev–Trinajstić information content (AvgIpc) is 3.07. The number of hydrogen-bond donors (Lipinski definition) is 2. The second-order valence-corrected chi connectivity index (χ2v) is 7.03. The number of amides is 1. The van der Waals surface area contributed by atoms with Crippen LogP contribution in [0.4, 0.5) is 5.13 Å². The number of benzene rings is 1. The van der Waals surface area contributed by atoms with Crippen molar-refractivity contribution < 1.29 is 4.79 Å². The normalized spacial score (nSPS) is 12.0. The van der Waals surface area contributed by atoms with Crippen molar-refractivity contribution in [1.29, 1.82) is 0 Å². The van der Waals surface area contributed by atoms with Crippen LogP contribution >= 0.6 is 11.3 Å². The number of hydrogen-bond acceptors (Lipinski definition) is 6. The largest absolute Gasteiger partial charge is 0.374 e. The van der Waals surface area contributed by atoms with Gasteiger partial charge in [0.25, 0.3) is 11.5 Å². The lowest BCUT2D eigenvalue weighted by Gasteiger charge is -2.17. The summed E-state index contributed by atoms with van der Waals surface area (Å²) in [5.74, 6) is -0.462. The van der Waals surface area contributed by atoms with E-state index in [1.807, 2.05) is 44.2 Å². The van der Waals surface area contributed by atoms with Crippen LogP contribution in [-0.2, 0) is 7.05 Å². The zero-order valence-electron chi connectivity index (χ0n) is 14.7. The first-order valence-corrected chi connectivity index (χ1v) is 8.82. The molecule has 7 nitrogen and oxygen atoms in total. The number of nitrogens with one attached hydrogen (secondary N) is 1. The Bertz CT molecular complexity index is 1010. The number of nitrogens with zero attached hydrogens (tertiary/aromatic N) is 3. The molecule has 2 aromatic heterocycles. The van der Waals surface area contributed by atoms with Gasteiger partial charge in [0.05, 0.1) is 0 Å². The number of pyridine rings is 1. The van der Waals surface area contributed by atoms with Crippen molar-refractivity contribution in [3.05, 3.63) is 74.1 Å². The lowest BCUT2D eigenvalue weighted by Crippen LogP contribution is -2.35. The van der Waals surface area contributed by atoms with E-state index in [9.17, 15) is 9.59 Å². The van der Waals surface area contributed by atoms with Crippen molar-refractivity contribution in [2.75, 3.05) is 5.73 Å². The zero-order valence-corrected chi connectivity index (χ0v) is 15.5. The van der Waals surface area contributed by atoms with Gasteiger partial charge in [-0.15, -0.1) is 10.2 Å². The number of nitrogens with two attached hydrogens (primary N) is 1. The van der Waals surface area contributed by atoms with E-state index in [1.54, 1.807) is 13.1 Å². The molecule has 0 aliphatic carbocycles. The maximum absolute atomic E-state index is 12.8. The molecule has 0 fully saturated rings. The highest BCUT2D eigenvalue weighted by atomic mass is 32.1. The first-order valence-electron chi connectivity index (χ1n) is 8.00. The predicted molar refractivity (Wildman–Crippen MR) is 101 cm³/mol. The summed E-state index contributed by atoms with van der Waals surface area (Å²) in [6, 6.07) is 10.5. The van der Waals surface area contributed by atoms with Gasteiger partial charge in [-0.25, -0.2) is 0 Å². The van der Waals surface area contributed by atoms with Gasteiger partial charge in [0.15, 0.2) is 0 Å². The topological polar surface area (TPSA) is 103 Å². The van der Waals surface area contributed by atoms with Crippen molar-refractivity contribution in [2.45, 2.75) is 19.9 Å². The summed E-state index contributed by atoms with van der Waals surface area (Å²) in [7, 11) is 1.65. The number of carbonyl (C=O) groups excluding carboxylic acids is 1. The fourth-order valence-corrected chi connectivity index (χ4v) is 3.34. The summed E-state index contributed by atoms with van der Waals surface area (Å²) in [6.07, 6.45) is 0. The number of nitrogen functional groups attached to an aromatic ring is 1. The minimum atomic E-state index is -0.537. The number of aromatic nitrogens is 3. The van der Waals surface area contributed by atoms with Crippen LogP contribution in [0.15, 0.2) is 41.2 Å². The summed E-state index contributed by atoms with van der Waals surface area (Å²) >= 11 is 1.20. The standard InChI is InChI=1S/C18H19N5O2S/c1-10-9-13(17(25)23(3)11(10)2)15(24)20-14(12-7-5-4-6-8-12)16-21-22-18(19)26-16/h4-9,14H,1-3H3,(H2,19,22)(H,20,24)/t14-/m1/s1. The van der Waals surface area contributed by atoms with Gasteiger partial charge in [-0.1, -0.05) is 41.7 Å². The van der Waals surface area contributed by atoms with Gasteiger partial charge in [0, 0.05) is 12.7 Å². The van der Waals surface area contributed by atoms with Gasteiger partial charge in [0.1, 0.15) is 16.6 Å². The number of carbonyl (C=O) groups is 1. The molecule has 26 heavy (non-hydrogen) atoms. The molecular formula is C18H19N5O2S. The van der Waals surface area contributed by atoms with E-state index in [-0.39, 0.29) is 11.1 Å². The maximum atomic E-state index is 12.8. The number of aryl methyl sites for hydroxylation is 1. The highest BCUT2D eigenvalue weighted by Gasteiger charge is 2.23. The van der Waals surface area contributed by atoms with E-state index < -0.39 is 11.9 Å². The Morgan fingerprint density at radius 2 is 1.92 bits per heavy atom. The second-order valence-electron chi connectivity index (χ2n) is 5.99. The van der Waals surface area contributed by atoms with Crippen LogP contribution in [0.25, 0.3) is 0 Å². The first-order chi connectivity index (χ1) is 12.4. The van der Waals surface area contributed by atoms with Gasteiger partial charge < -0.3 is 15.6 Å². The van der Waals surface area contributed by atoms with Crippen molar-refractivity contribution in [1.82, 2.24) is 20.1 Å². The van der Waals surface area contributed by atoms with Gasteiger partial charge in [-0.2, -0.15) is 0 Å². The number of rotatable bonds is 4. The maximum Gasteiger partial charge on any atom is 0.263 e. The molecular weight excluding hydrogens is 350 g/mol. The molecule has 2 heterocycles. The molecule has 0 aliphatic rings. The van der Waals surface area contributed by atoms with Crippen LogP contribution < -0.4 is 16.6 Å². The third kappa shape index (κ3) is 3.36. The molecule has 0 saturated heterocycles. The molecule has 0 aliphatic heterocycles. The van der Waals surface area contributed by atoms with Crippen molar-refractivity contribution in [2.24, 2.45) is 7.05 Å². The molecule has 0 spiro atoms. The van der Waals surface area contributed by atoms with Crippen molar-refractivity contribution in [3.8, 4) is 0 Å². The predicted octanol–water partition coefficient (Wildman–Crippen LogP) is 1.96. The quantitative estimate of drug-likeness (QED) is 0.732. The Hall–Kier alpha value is -3.00. The average molecular weight is 369 g/mol. The highest BCUT2D eigenvalue weighted by molar-refractivity contribution is 7.15. The van der Waals surface area contributed by atoms with Gasteiger partial charge in [-0.3, -0.25) is 9.59 Å². The van der Waals surface area contributed by atoms with E-state index in [2.05, 4.69) is 15.5 Å². The molecule has 3 N–H and O–H groups in total. The molecule has 3 rings (SSSR count). The fraction of sp³-hybridized carbons (Fsp3) is 0.222. The molecule has 0 saturated carbocycles. The molecule has 0 radical (unpaired) electrons. The molecule has 1 aromatic carbocycles. The minimum absolute atomic E-state index is 0.0917. The fourth-order valence-electron chi connectivity index (χ4n) is 2.65. The summed E-state index contributed by atoms with van der Waals surface area (Å²) in [6.45, 7) is 3.71. The van der Waals surface area contributed by atoms with E-state index in [0.717, 1.165) is 16.8 Å². The molecule has 3 aromatic rings. The Morgan fingerprint density at radius 1 is 1.23 bits per heavy atom. The Balaban J connectivity index is 2.00. The van der Waals surface area contributed by atoms with Crippen LogP contribution in [0, 0.1) is 13.8 Å². The minimum Gasteiger partial charge on any atom is -0.374 e. The zero-order chi connectivity index (χ0) is 18.8. The third-order valence-electron chi connectivity index (χ3n) is 4.33. The lowest BCUT2D eigenvalue weighted by molar-refractivity contribution is 0.0940. The third-order valence-corrected chi connectivity index (χ3v) is 5.14. The monoisotopic (exact) mass is 369 g/mol. The number of anilines is 1. The SMILES string of the molecule is Cc1cc(C(=O)N[C@H](c2ccccc2)c2nnc(N)s2)c(=O)n(C)c1C. The second kappa shape index (κ2) is 7.09. The molecule has 0 unspecified atom stereocenters. The summed E-state index contributed by atoms with van der Waals surface area (Å²) < 4.78 is 1.48. The highest BCUT2D eigenvalue weighted by Crippen LogP contribution is 2.26. The van der Waals surface area contributed by atoms with E-state index >= 15 is 0 Å². The first kappa shape index (κ1) is 17.8. The van der Waals surface area contributed by atoms with E-state index in [4.69, 9.17) is 5.73 Å². The molecule has 8 heteroatoms. The van der Waals surface area contributed by atoms with Gasteiger partial charge in [0.2, 0.25) is 5.13 Å². The van der Waals surface area contributed by atoms with Crippen LogP contribution in [0.3, 0.4) is 0 Å². The summed E-state index contributed by atoms with van der Waals surface area (Å²) in [4.78, 5) is 25.3. The molecule has 1 atom stereocenters. The molecule has 0 bridgehead atoms. The van der Waals surface area contributed by atoms with Crippen LogP contribution in [-0.4, -0.2) is 20.7 Å². The summed E-state index contributed by atoms with van der Waals surface area (Å²) in [5.41, 5.74) is 7.97. The van der Waals surface area contributed by atoms with Crippen LogP contribution in [0.2, 0.25) is 0 Å². The Kier molecular flexibility index (Phi) is 4.85. The Labute approximate surface area is 154 Å². The van der Waals surface area contributed by atoms with E-state index in [0.29, 0.717) is 10.1 Å². The molecule has 134 valence electrons. The smallest absolute Gasteiger partial charge is 0.263 e.